The Kier molecular flexibility index (Phi) is 7.14. The molecule has 0 aliphatic rings. The quantitative estimate of drug-likeness (QED) is 0.245. The number of benzene rings is 2. The summed E-state index contributed by atoms with van der Waals surface area (Å²) in [6, 6.07) is 13.6. The molecule has 1 aromatic heterocycles. The van der Waals surface area contributed by atoms with E-state index >= 15 is 0 Å². The number of para-hydroxylation sites is 1. The molecule has 0 fully saturated rings. The van der Waals surface area contributed by atoms with Gasteiger partial charge < -0.3 is 15.4 Å². The molecular weight excluding hydrogens is 466 g/mol. The number of nitro groups is 1. The second kappa shape index (κ2) is 9.98. The minimum Gasteiger partial charge on any atom is -0.462 e. The van der Waals surface area contributed by atoms with E-state index in [1.807, 2.05) is 26.0 Å². The Balaban J connectivity index is 1.82. The normalized spacial score (nSPS) is 10.6. The maximum atomic E-state index is 12.0. The highest BCUT2D eigenvalue weighted by Gasteiger charge is 2.24. The number of nitrogens with zero attached hydrogens (tertiary/aromatic N) is 3. The first-order valence-electron chi connectivity index (χ1n) is 9.40. The zero-order chi connectivity index (χ0) is 22.4. The Morgan fingerprint density at radius 2 is 1.74 bits per heavy atom. The van der Waals surface area contributed by atoms with Gasteiger partial charge in [0.1, 0.15) is 6.33 Å². The number of rotatable bonds is 8. The van der Waals surface area contributed by atoms with Gasteiger partial charge in [-0.05, 0) is 58.2 Å². The third kappa shape index (κ3) is 5.76. The van der Waals surface area contributed by atoms with Gasteiger partial charge in [-0.15, -0.1) is 0 Å². The molecule has 0 spiro atoms. The number of halogens is 1. The van der Waals surface area contributed by atoms with E-state index in [9.17, 15) is 14.9 Å². The van der Waals surface area contributed by atoms with E-state index in [4.69, 9.17) is 4.74 Å². The Morgan fingerprint density at radius 1 is 1.10 bits per heavy atom. The first-order chi connectivity index (χ1) is 14.8. The molecule has 0 saturated heterocycles. The number of carbonyl (C=O) groups is 1. The monoisotopic (exact) mass is 485 g/mol. The third-order valence-electron chi connectivity index (χ3n) is 4.06. The van der Waals surface area contributed by atoms with Crippen LogP contribution in [-0.2, 0) is 4.74 Å². The predicted molar refractivity (Wildman–Crippen MR) is 121 cm³/mol. The van der Waals surface area contributed by atoms with Crippen LogP contribution in [0.2, 0.25) is 0 Å². The largest absolute Gasteiger partial charge is 0.462 e. The average Bonchev–Trinajstić information content (AvgIpc) is 2.74. The van der Waals surface area contributed by atoms with Gasteiger partial charge in [-0.3, -0.25) is 10.1 Å². The van der Waals surface area contributed by atoms with Crippen molar-refractivity contribution in [2.45, 2.75) is 13.8 Å². The minimum absolute atomic E-state index is 0.0182. The molecule has 10 heteroatoms. The number of anilines is 4. The van der Waals surface area contributed by atoms with Crippen LogP contribution in [0.3, 0.4) is 0 Å². The summed E-state index contributed by atoms with van der Waals surface area (Å²) in [7, 11) is 0. The van der Waals surface area contributed by atoms with Crippen LogP contribution in [0.5, 0.6) is 0 Å². The zero-order valence-electron chi connectivity index (χ0n) is 16.8. The number of hydrogen-bond acceptors (Lipinski definition) is 8. The maximum Gasteiger partial charge on any atom is 0.353 e. The van der Waals surface area contributed by atoms with Crippen molar-refractivity contribution in [2.24, 2.45) is 5.92 Å². The van der Waals surface area contributed by atoms with Gasteiger partial charge in [0.25, 0.3) is 0 Å². The predicted octanol–water partition coefficient (Wildman–Crippen LogP) is 5.45. The molecule has 9 nitrogen and oxygen atoms in total. The molecule has 0 aliphatic heterocycles. The summed E-state index contributed by atoms with van der Waals surface area (Å²) in [4.78, 5) is 31.3. The van der Waals surface area contributed by atoms with Crippen LogP contribution < -0.4 is 10.6 Å². The van der Waals surface area contributed by atoms with Crippen LogP contribution in [0.15, 0.2) is 59.3 Å². The lowest BCUT2D eigenvalue weighted by molar-refractivity contribution is -0.383. The summed E-state index contributed by atoms with van der Waals surface area (Å²) in [5, 5.41) is 17.6. The molecular formula is C21H20BrN5O4. The third-order valence-corrected chi connectivity index (χ3v) is 4.75. The molecule has 0 saturated carbocycles. The number of aromatic nitrogens is 2. The molecule has 0 radical (unpaired) electrons. The van der Waals surface area contributed by atoms with Crippen LogP contribution in [0.1, 0.15) is 24.2 Å². The average molecular weight is 486 g/mol. The van der Waals surface area contributed by atoms with Crippen molar-refractivity contribution in [1.82, 2.24) is 9.97 Å². The van der Waals surface area contributed by atoms with Crippen LogP contribution in [0.25, 0.3) is 0 Å². The van der Waals surface area contributed by atoms with Gasteiger partial charge in [-0.25, -0.2) is 14.8 Å². The standard InChI is InChI=1S/C21H20BrN5O4/c1-13(2)11-31-21(28)14-7-9-15(10-8-14)25-19-18(27(29)30)20(24-12-23-19)26-17-6-4-3-5-16(17)22/h3-10,12-13H,11H2,1-2H3,(H2,23,24,25,26). The van der Waals surface area contributed by atoms with Crippen LogP contribution in [0.4, 0.5) is 28.7 Å². The summed E-state index contributed by atoms with van der Waals surface area (Å²) in [6.07, 6.45) is 1.23. The number of carbonyl (C=O) groups excluding carboxylic acids is 1. The van der Waals surface area contributed by atoms with Crippen molar-refractivity contribution in [3.8, 4) is 0 Å². The minimum atomic E-state index is -0.556. The topological polar surface area (TPSA) is 119 Å². The fraction of sp³-hybridized carbons (Fsp3) is 0.190. The van der Waals surface area contributed by atoms with Gasteiger partial charge in [0.05, 0.1) is 22.8 Å². The van der Waals surface area contributed by atoms with Gasteiger partial charge in [-0.1, -0.05) is 26.0 Å². The first-order valence-corrected chi connectivity index (χ1v) is 10.2. The number of nitrogens with one attached hydrogen (secondary N) is 2. The fourth-order valence-electron chi connectivity index (χ4n) is 2.58. The lowest BCUT2D eigenvalue weighted by atomic mass is 10.2. The summed E-state index contributed by atoms with van der Waals surface area (Å²) < 4.78 is 5.93. The van der Waals surface area contributed by atoms with Gasteiger partial charge in [-0.2, -0.15) is 0 Å². The molecule has 3 rings (SSSR count). The summed E-state index contributed by atoms with van der Waals surface area (Å²) >= 11 is 3.40. The van der Waals surface area contributed by atoms with Crippen molar-refractivity contribution in [1.29, 1.82) is 0 Å². The molecule has 0 atom stereocenters. The van der Waals surface area contributed by atoms with Crippen LogP contribution >= 0.6 is 15.9 Å². The van der Waals surface area contributed by atoms with E-state index in [0.717, 1.165) is 4.47 Å². The lowest BCUT2D eigenvalue weighted by Crippen LogP contribution is -2.10. The van der Waals surface area contributed by atoms with Crippen LogP contribution in [-0.4, -0.2) is 27.5 Å². The van der Waals surface area contributed by atoms with E-state index in [0.29, 0.717) is 23.5 Å². The van der Waals surface area contributed by atoms with Crippen molar-refractivity contribution in [3.05, 3.63) is 75.0 Å². The smallest absolute Gasteiger partial charge is 0.353 e. The summed E-state index contributed by atoms with van der Waals surface area (Å²) in [6.45, 7) is 4.24. The highest BCUT2D eigenvalue weighted by atomic mass is 79.9. The Labute approximate surface area is 187 Å². The molecule has 1 heterocycles. The van der Waals surface area contributed by atoms with E-state index < -0.39 is 10.9 Å². The summed E-state index contributed by atoms with van der Waals surface area (Å²) in [5.41, 5.74) is 1.23. The maximum absolute atomic E-state index is 12.0. The molecule has 0 unspecified atom stereocenters. The SMILES string of the molecule is CC(C)COC(=O)c1ccc(Nc2ncnc(Nc3ccccc3Br)c2[N+](=O)[O-])cc1. The van der Waals surface area contributed by atoms with Crippen molar-refractivity contribution >= 4 is 50.6 Å². The van der Waals surface area contributed by atoms with E-state index in [1.54, 1.807) is 36.4 Å². The molecule has 2 aromatic carbocycles. The van der Waals surface area contributed by atoms with Gasteiger partial charge >= 0.3 is 11.7 Å². The van der Waals surface area contributed by atoms with Gasteiger partial charge in [0.2, 0.25) is 11.6 Å². The molecule has 160 valence electrons. The number of ether oxygens (including phenoxy) is 1. The van der Waals surface area contributed by atoms with Gasteiger partial charge in [0.15, 0.2) is 0 Å². The Morgan fingerprint density at radius 3 is 2.35 bits per heavy atom. The first kappa shape index (κ1) is 22.2. The molecule has 0 aliphatic carbocycles. The van der Waals surface area contributed by atoms with Crippen molar-refractivity contribution in [3.63, 3.8) is 0 Å². The van der Waals surface area contributed by atoms with Crippen molar-refractivity contribution in [2.75, 3.05) is 17.2 Å². The molecule has 3 aromatic rings. The van der Waals surface area contributed by atoms with Gasteiger partial charge in [0, 0.05) is 10.2 Å². The van der Waals surface area contributed by atoms with E-state index in [1.165, 1.54) is 6.33 Å². The highest BCUT2D eigenvalue weighted by molar-refractivity contribution is 9.10. The van der Waals surface area contributed by atoms with E-state index in [-0.39, 0.29) is 23.2 Å². The zero-order valence-corrected chi connectivity index (χ0v) is 18.4. The van der Waals surface area contributed by atoms with Crippen LogP contribution in [0, 0.1) is 16.0 Å². The fourth-order valence-corrected chi connectivity index (χ4v) is 2.96. The number of esters is 1. The molecule has 0 amide bonds. The van der Waals surface area contributed by atoms with E-state index in [2.05, 4.69) is 36.5 Å². The molecule has 31 heavy (non-hydrogen) atoms. The molecule has 0 bridgehead atoms. The second-order valence-electron chi connectivity index (χ2n) is 6.98. The second-order valence-corrected chi connectivity index (χ2v) is 7.83. The number of hydrogen-bond donors (Lipinski definition) is 2. The Hall–Kier alpha value is -3.53. The Bertz CT molecular complexity index is 1090. The van der Waals surface area contributed by atoms with Crippen molar-refractivity contribution < 1.29 is 14.5 Å². The summed E-state index contributed by atoms with van der Waals surface area (Å²) in [5.74, 6) is -0.122. The lowest BCUT2D eigenvalue weighted by Gasteiger charge is -2.11. The highest BCUT2D eigenvalue weighted by Crippen LogP contribution is 2.34. The molecule has 2 N–H and O–H groups in total.